The zero-order valence-electron chi connectivity index (χ0n) is 44.2. The Hall–Kier alpha value is -6.58. The topological polar surface area (TPSA) is 275 Å². The fourth-order valence-electron chi connectivity index (χ4n) is 7.69. The average molecular weight is 1140 g/mol. The number of rotatable bonds is 35. The fraction of sp³-hybridized carbons (Fsp3) is 0.509. The van der Waals surface area contributed by atoms with Gasteiger partial charge in [-0.05, 0) is 48.2 Å². The molecule has 1 aliphatic heterocycles. The number of Topliss-reactive ketones (excluding diaryl/α,β-unsaturated/α-hetero) is 1. The SMILES string of the molecule is CC(C)(C)[C@H](c1cc(-c2cc(F)ccc2F)cn1Cc1ccccc1)N(CCCN)C(=O)CSC[C@H](CC(=O)CCC(=O)O)C(=O)NCCOCCOCCOCCOCCNC(=O)CN1C(=O)C=CC1=O.O=C(O)C(F)(F)F. The van der Waals surface area contributed by atoms with Crippen LogP contribution in [0.3, 0.4) is 0 Å². The van der Waals surface area contributed by atoms with Crippen molar-refractivity contribution in [3.63, 3.8) is 0 Å². The van der Waals surface area contributed by atoms with Crippen molar-refractivity contribution in [1.29, 1.82) is 0 Å². The van der Waals surface area contributed by atoms with Gasteiger partial charge in [0.2, 0.25) is 17.7 Å². The van der Waals surface area contributed by atoms with Crippen molar-refractivity contribution < 1.29 is 89.5 Å². The summed E-state index contributed by atoms with van der Waals surface area (Å²) in [5.41, 5.74) is 7.60. The summed E-state index contributed by atoms with van der Waals surface area (Å²) >= 11 is 1.18. The van der Waals surface area contributed by atoms with Gasteiger partial charge in [-0.2, -0.15) is 24.9 Å². The third kappa shape index (κ3) is 25.0. The molecule has 2 atom stereocenters. The predicted molar refractivity (Wildman–Crippen MR) is 279 cm³/mol. The molecule has 2 aromatic carbocycles. The van der Waals surface area contributed by atoms with E-state index in [9.17, 15) is 51.1 Å². The van der Waals surface area contributed by atoms with Gasteiger partial charge in [-0.25, -0.2) is 13.6 Å². The number of halogens is 5. The summed E-state index contributed by atoms with van der Waals surface area (Å²) in [4.78, 5) is 98.5. The number of thioether (sulfide) groups is 1. The summed E-state index contributed by atoms with van der Waals surface area (Å²) in [6.07, 6.45) is -1.47. The lowest BCUT2D eigenvalue weighted by Gasteiger charge is -2.41. The zero-order valence-corrected chi connectivity index (χ0v) is 45.1. The van der Waals surface area contributed by atoms with Crippen LogP contribution < -0.4 is 16.4 Å². The molecule has 0 fully saturated rings. The minimum absolute atomic E-state index is 0.0630. The maximum absolute atomic E-state index is 15.2. The van der Waals surface area contributed by atoms with E-state index in [0.717, 1.165) is 40.8 Å². The molecule has 0 saturated carbocycles. The van der Waals surface area contributed by atoms with Crippen LogP contribution >= 0.6 is 11.8 Å². The van der Waals surface area contributed by atoms with Crippen LogP contribution in [-0.4, -0.2) is 175 Å². The highest BCUT2D eigenvalue weighted by Gasteiger charge is 2.39. The van der Waals surface area contributed by atoms with Crippen LogP contribution in [0.25, 0.3) is 11.1 Å². The number of carbonyl (C=O) groups excluding carboxylic acids is 6. The Labute approximate surface area is 458 Å². The Morgan fingerprint density at radius 3 is 1.90 bits per heavy atom. The summed E-state index contributed by atoms with van der Waals surface area (Å²) < 4.78 is 85.4. The Morgan fingerprint density at radius 2 is 1.35 bits per heavy atom. The number of carboxylic acids is 2. The van der Waals surface area contributed by atoms with E-state index in [0.29, 0.717) is 44.0 Å². The maximum atomic E-state index is 15.2. The number of nitrogens with one attached hydrogen (secondary N) is 2. The lowest BCUT2D eigenvalue weighted by molar-refractivity contribution is -0.192. The van der Waals surface area contributed by atoms with Gasteiger partial charge >= 0.3 is 18.1 Å². The minimum Gasteiger partial charge on any atom is -0.481 e. The third-order valence-electron chi connectivity index (χ3n) is 11.4. The molecule has 0 spiro atoms. The van der Waals surface area contributed by atoms with Gasteiger partial charge in [0.05, 0.1) is 77.0 Å². The number of amides is 5. The van der Waals surface area contributed by atoms with E-state index in [1.54, 1.807) is 17.2 Å². The second kappa shape index (κ2) is 34.4. The Morgan fingerprint density at radius 1 is 0.785 bits per heavy atom. The molecule has 79 heavy (non-hydrogen) atoms. The van der Waals surface area contributed by atoms with Crippen molar-refractivity contribution in [3.05, 3.63) is 95.8 Å². The van der Waals surface area contributed by atoms with Crippen LogP contribution in [0.2, 0.25) is 0 Å². The van der Waals surface area contributed by atoms with E-state index < -0.39 is 76.5 Å². The van der Waals surface area contributed by atoms with Crippen LogP contribution in [0, 0.1) is 23.0 Å². The van der Waals surface area contributed by atoms with Gasteiger partial charge in [-0.15, -0.1) is 0 Å². The van der Waals surface area contributed by atoms with Gasteiger partial charge < -0.3 is 55.0 Å². The Balaban J connectivity index is 0.00000219. The first kappa shape index (κ1) is 66.7. The van der Waals surface area contributed by atoms with Crippen LogP contribution in [0.1, 0.15) is 63.8 Å². The van der Waals surface area contributed by atoms with Crippen molar-refractivity contribution in [3.8, 4) is 11.1 Å². The number of hydrogen-bond acceptors (Lipinski definition) is 14. The van der Waals surface area contributed by atoms with Gasteiger partial charge in [0.25, 0.3) is 11.8 Å². The van der Waals surface area contributed by atoms with Crippen LogP contribution in [0.5, 0.6) is 0 Å². The normalized spacial score (nSPS) is 13.2. The summed E-state index contributed by atoms with van der Waals surface area (Å²) in [6, 6.07) is 14.2. The molecule has 6 N–H and O–H groups in total. The van der Waals surface area contributed by atoms with Crippen LogP contribution in [0.4, 0.5) is 22.0 Å². The third-order valence-corrected chi connectivity index (χ3v) is 12.5. The Kier molecular flexibility index (Phi) is 29.1. The number of nitrogens with two attached hydrogens (primary N) is 1. The highest BCUT2D eigenvalue weighted by Crippen LogP contribution is 2.41. The number of carboxylic acid groups (broad SMARTS) is 2. The largest absolute Gasteiger partial charge is 0.490 e. The van der Waals surface area contributed by atoms with Crippen LogP contribution in [-0.2, 0) is 63.8 Å². The predicted octanol–water partition coefficient (Wildman–Crippen LogP) is 4.78. The zero-order chi connectivity index (χ0) is 58.5. The molecular weight excluding hydrogens is 1070 g/mol. The average Bonchev–Trinajstić information content (AvgIpc) is 3.95. The number of nitrogens with zero attached hydrogens (tertiary/aromatic N) is 3. The monoisotopic (exact) mass is 1140 g/mol. The number of benzene rings is 2. The highest BCUT2D eigenvalue weighted by atomic mass is 32.2. The van der Waals surface area contributed by atoms with E-state index >= 15 is 4.39 Å². The Bertz CT molecular complexity index is 2490. The molecule has 0 bridgehead atoms. The number of imide groups is 1. The number of ether oxygens (including phenoxy) is 4. The van der Waals surface area contributed by atoms with Gasteiger partial charge in [-0.3, -0.25) is 38.5 Å². The first-order valence-electron chi connectivity index (χ1n) is 25.1. The molecule has 1 aromatic heterocycles. The molecule has 3 aromatic rings. The molecule has 2 heterocycles. The molecule has 4 rings (SSSR count). The van der Waals surface area contributed by atoms with E-state index in [4.69, 9.17) is 39.7 Å². The molecule has 5 amide bonds. The number of alkyl halides is 3. The quantitative estimate of drug-likeness (QED) is 0.0301. The van der Waals surface area contributed by atoms with Crippen molar-refractivity contribution in [2.45, 2.75) is 65.2 Å². The van der Waals surface area contributed by atoms with E-state index in [2.05, 4.69) is 10.6 Å². The number of hydrogen-bond donors (Lipinski definition) is 5. The van der Waals surface area contributed by atoms with E-state index in [1.165, 1.54) is 11.8 Å². The standard InChI is InChI=1S/C51H68F2N6O12S.C2HF3O2/c1-51(2,3)49(43-29-37(41-30-39(52)10-12-42(41)53)32-57(43)31-36-8-5-4-6-9-36)58(19-7-16-54)47(64)35-72-34-38(28-40(60)11-15-48(65)66)50(67)56-18-21-69-23-25-71-27-26-70-24-22-68-20-17-55-44(61)33-59-45(62)13-14-46(59)63;3-2(4,5)1(6)7/h4-6,8-10,12-14,29-30,32,38,49H,7,11,15-28,31,33-35,54H2,1-3H3,(H,55,61)(H,56,67)(H,65,66);(H,6,7)/t38-,49-;/m0./s1. The smallest absolute Gasteiger partial charge is 0.481 e. The molecule has 0 radical (unpaired) electrons. The van der Waals surface area contributed by atoms with Gasteiger partial charge in [0.1, 0.15) is 24.0 Å². The number of carbonyl (C=O) groups is 8. The molecule has 0 aliphatic carbocycles. The number of aliphatic carboxylic acids is 2. The number of aromatic nitrogens is 1. The maximum Gasteiger partial charge on any atom is 0.490 e. The van der Waals surface area contributed by atoms with Crippen molar-refractivity contribution >= 4 is 59.0 Å². The summed E-state index contributed by atoms with van der Waals surface area (Å²) in [5, 5.41) is 21.6. The lowest BCUT2D eigenvalue weighted by atomic mass is 9.83. The summed E-state index contributed by atoms with van der Waals surface area (Å²) in [6.45, 7) is 8.91. The van der Waals surface area contributed by atoms with Gasteiger partial charge in [0.15, 0.2) is 0 Å². The molecule has 1 aliphatic rings. The minimum atomic E-state index is -5.08. The van der Waals surface area contributed by atoms with Gasteiger partial charge in [-0.1, -0.05) is 51.1 Å². The molecule has 26 heteroatoms. The second-order valence-electron chi connectivity index (χ2n) is 18.7. The molecular formula is C53H69F5N6O14S. The lowest BCUT2D eigenvalue weighted by Crippen LogP contribution is -2.44. The number of ketones is 1. The molecule has 0 saturated heterocycles. The first-order valence-corrected chi connectivity index (χ1v) is 26.3. The highest BCUT2D eigenvalue weighted by molar-refractivity contribution is 7.99. The van der Waals surface area contributed by atoms with Crippen molar-refractivity contribution in [2.75, 3.05) is 97.1 Å². The first-order chi connectivity index (χ1) is 37.4. The second-order valence-corrected chi connectivity index (χ2v) is 19.8. The van der Waals surface area contributed by atoms with E-state index in [1.807, 2.05) is 55.7 Å². The molecule has 436 valence electrons. The molecule has 20 nitrogen and oxygen atoms in total. The van der Waals surface area contributed by atoms with E-state index in [-0.39, 0.29) is 108 Å². The van der Waals surface area contributed by atoms with Gasteiger partial charge in [0, 0.05) is 79.9 Å². The van der Waals surface area contributed by atoms with Crippen molar-refractivity contribution in [1.82, 2.24) is 25.0 Å². The van der Waals surface area contributed by atoms with Crippen molar-refractivity contribution in [2.24, 2.45) is 17.1 Å². The molecule has 0 unspecified atom stereocenters. The summed E-state index contributed by atoms with van der Waals surface area (Å²) in [5.74, 6) is -8.56. The fourth-order valence-corrected chi connectivity index (χ4v) is 8.71. The van der Waals surface area contributed by atoms with Crippen LogP contribution in [0.15, 0.2) is 72.9 Å². The summed E-state index contributed by atoms with van der Waals surface area (Å²) in [7, 11) is 0.